The molecule has 0 unspecified atom stereocenters. The van der Waals surface area contributed by atoms with E-state index in [1.165, 1.54) is 11.1 Å². The molecule has 0 bridgehead atoms. The zero-order valence-electron chi connectivity index (χ0n) is 77.8. The number of rotatable bonds is 21. The number of pyridine rings is 10. The second-order valence-corrected chi connectivity index (χ2v) is 34.2. The predicted octanol–water partition coefficient (Wildman–Crippen LogP) is 30.4. The molecule has 0 saturated heterocycles. The summed E-state index contributed by atoms with van der Waals surface area (Å²) >= 11 is 0. The van der Waals surface area contributed by atoms with Gasteiger partial charge in [-0.1, -0.05) is 243 Å². The zero-order chi connectivity index (χ0) is 96.4. The summed E-state index contributed by atoms with van der Waals surface area (Å²) in [6, 6.07) is 149. The largest absolute Gasteiger partial charge is 0.265 e. The average Bonchev–Trinajstić information content (AvgIpc) is 0.784. The molecule has 0 amide bonds. The van der Waals surface area contributed by atoms with Crippen molar-refractivity contribution in [1.82, 2.24) is 79.7 Å². The van der Waals surface area contributed by atoms with Gasteiger partial charge in [-0.05, 0) is 261 Å². The third-order valence-corrected chi connectivity index (χ3v) is 24.9. The van der Waals surface area contributed by atoms with Gasteiger partial charge >= 0.3 is 0 Å². The Hall–Kier alpha value is -19.8. The maximum absolute atomic E-state index is 5.18. The van der Waals surface area contributed by atoms with Gasteiger partial charge in [0.15, 0.2) is 17.5 Å². The first-order valence-corrected chi connectivity index (χ1v) is 47.3. The molecule has 0 fully saturated rings. The van der Waals surface area contributed by atoms with E-state index in [0.29, 0.717) is 17.5 Å². The highest BCUT2D eigenvalue weighted by molar-refractivity contribution is 5.87. The second-order valence-electron chi connectivity index (χ2n) is 34.2. The third-order valence-electron chi connectivity index (χ3n) is 24.9. The highest BCUT2D eigenvalue weighted by Gasteiger charge is 2.22. The van der Waals surface area contributed by atoms with Crippen LogP contribution in [-0.4, -0.2) is 79.7 Å². The summed E-state index contributed by atoms with van der Waals surface area (Å²) in [6.45, 7) is 0. The molecule has 0 saturated carbocycles. The van der Waals surface area contributed by atoms with Crippen LogP contribution in [0.5, 0.6) is 0 Å². The van der Waals surface area contributed by atoms with E-state index in [9.17, 15) is 0 Å². The second kappa shape index (κ2) is 42.4. The van der Waals surface area contributed by atoms with Gasteiger partial charge in [-0.3, -0.25) is 49.8 Å². The highest BCUT2D eigenvalue weighted by Crippen LogP contribution is 2.41. The molecule has 0 aliphatic rings. The average molecular weight is 1850 g/mol. The number of benzene rings is 11. The normalized spacial score (nSPS) is 10.9. The Morgan fingerprint density at radius 2 is 0.243 bits per heavy atom. The van der Waals surface area contributed by atoms with Crippen molar-refractivity contribution in [3.63, 3.8) is 0 Å². The number of hydrogen-bond donors (Lipinski definition) is 0. The summed E-state index contributed by atoms with van der Waals surface area (Å²) in [4.78, 5) is 75.5. The van der Waals surface area contributed by atoms with Crippen LogP contribution < -0.4 is 0 Å². The van der Waals surface area contributed by atoms with Gasteiger partial charge in [0.1, 0.15) is 0 Å². The van der Waals surface area contributed by atoms with Gasteiger partial charge in [-0.2, -0.15) is 0 Å². The van der Waals surface area contributed by atoms with Crippen molar-refractivity contribution in [2.75, 3.05) is 0 Å². The van der Waals surface area contributed by atoms with Crippen LogP contribution in [-0.2, 0) is 0 Å². The number of aromatic nitrogens is 16. The van der Waals surface area contributed by atoms with Gasteiger partial charge in [-0.15, -0.1) is 0 Å². The Balaban J connectivity index is 0.000000123. The highest BCUT2D eigenvalue weighted by atomic mass is 14.9. The quantitative estimate of drug-likeness (QED) is 0.0655. The van der Waals surface area contributed by atoms with Gasteiger partial charge in [0, 0.05) is 170 Å². The first kappa shape index (κ1) is 89.4. The Morgan fingerprint density at radius 3 is 0.451 bits per heavy atom. The molecule has 13 aromatic heterocycles. The molecule has 0 atom stereocenters. The Labute approximate surface area is 833 Å². The predicted molar refractivity (Wildman–Crippen MR) is 578 cm³/mol. The van der Waals surface area contributed by atoms with Crippen molar-refractivity contribution < 1.29 is 0 Å². The smallest absolute Gasteiger partial charge is 0.160 e. The minimum Gasteiger partial charge on any atom is -0.265 e. The van der Waals surface area contributed by atoms with E-state index in [2.05, 4.69) is 317 Å². The van der Waals surface area contributed by atoms with Crippen LogP contribution in [0.15, 0.2) is 524 Å². The topological polar surface area (TPSA) is 206 Å². The van der Waals surface area contributed by atoms with E-state index in [1.807, 2.05) is 244 Å². The Morgan fingerprint density at radius 1 is 0.0903 bits per heavy atom. The third kappa shape index (κ3) is 21.0. The van der Waals surface area contributed by atoms with Crippen LogP contribution in [0.4, 0.5) is 0 Å². The minimum absolute atomic E-state index is 0.611. The van der Waals surface area contributed by atoms with Gasteiger partial charge in [0.25, 0.3) is 0 Å². The summed E-state index contributed by atoms with van der Waals surface area (Å²) in [5, 5.41) is 0. The van der Waals surface area contributed by atoms with Crippen LogP contribution >= 0.6 is 0 Å². The molecule has 0 aliphatic heterocycles. The van der Waals surface area contributed by atoms with Crippen LogP contribution in [0.3, 0.4) is 0 Å². The van der Waals surface area contributed by atoms with Gasteiger partial charge in [-0.25, -0.2) is 29.9 Å². The van der Waals surface area contributed by atoms with Crippen LogP contribution in [0, 0.1) is 0 Å². The molecular weight excluding hydrogens is 1760 g/mol. The fourth-order valence-electron chi connectivity index (χ4n) is 17.4. The molecule has 11 aromatic carbocycles. The van der Waals surface area contributed by atoms with E-state index < -0.39 is 0 Å². The fraction of sp³-hybridized carbons (Fsp3) is 0. The molecular formula is C128H86N16. The zero-order valence-corrected chi connectivity index (χ0v) is 77.8. The van der Waals surface area contributed by atoms with Gasteiger partial charge in [0.2, 0.25) is 0 Å². The van der Waals surface area contributed by atoms with Crippen molar-refractivity contribution in [1.29, 1.82) is 0 Å². The lowest BCUT2D eigenvalue weighted by molar-refractivity contribution is 1.18. The Bertz CT molecular complexity index is 7190. The van der Waals surface area contributed by atoms with E-state index in [-0.39, 0.29) is 0 Å². The van der Waals surface area contributed by atoms with Gasteiger partial charge in [0.05, 0.1) is 68.3 Å². The minimum atomic E-state index is 0.611. The molecule has 0 spiro atoms. The monoisotopic (exact) mass is 1850 g/mol. The summed E-state index contributed by atoms with van der Waals surface area (Å²) in [5.41, 5.74) is 38.4. The number of hydrogen-bond acceptors (Lipinski definition) is 16. The summed E-state index contributed by atoms with van der Waals surface area (Å²) < 4.78 is 0. The van der Waals surface area contributed by atoms with Crippen molar-refractivity contribution in [3.05, 3.63) is 524 Å². The molecule has 144 heavy (non-hydrogen) atoms. The lowest BCUT2D eigenvalue weighted by Crippen LogP contribution is -1.97. The van der Waals surface area contributed by atoms with Crippen LogP contribution in [0.1, 0.15) is 0 Å². The summed E-state index contributed by atoms with van der Waals surface area (Å²) in [7, 11) is 0. The molecule has 678 valence electrons. The van der Waals surface area contributed by atoms with E-state index in [1.54, 1.807) is 12.4 Å². The van der Waals surface area contributed by atoms with E-state index in [0.717, 1.165) is 207 Å². The molecule has 0 radical (unpaired) electrons. The van der Waals surface area contributed by atoms with E-state index in [4.69, 9.17) is 29.9 Å². The standard InChI is InChI=1S/C44H30N4.2C42H28N6/c1-3-11-31(12-4-1)33-17-21-35(22-18-33)42-30-43(36-23-19-34(20-24-36)32-13-5-2-6-14-32)48-44(47-42)39-28-37(40-15-7-9-25-45-40)27-38(29-39)41-16-8-10-26-46-41;1-5-35(6-2-29(1)31-9-17-43-18-10-31)40-28-41(36-7-3-30(4-8-36)32-11-19-44-20-12-32)48-42(47-40)39-26-37(33-13-21-45-22-14-33)25-38(27-39)34-15-23-46-24-16-34;1-5-21-43-36(9-1)29-13-17-31(18-14-29)40-28-41(32-19-15-30(16-20-32)37-10-2-6-22-44-37)48-42(47-40)35-26-33(38-11-3-7-23-45-38)25-34(27-35)39-12-4-8-24-46-39/h1-30H;2*1-28H. The van der Waals surface area contributed by atoms with Gasteiger partial charge < -0.3 is 0 Å². The SMILES string of the molecule is c1cc(-c2ccc(-c3cc(-c4ccc(-c5ccncc5)cc4)nc(-c4cc(-c5ccncc5)cc(-c5ccncc5)c4)n3)cc2)ccn1.c1ccc(-c2ccc(-c3cc(-c4ccc(-c5ccccc5)cc4)nc(-c4cc(-c5ccccn5)cc(-c5ccccn5)c4)n3)cc2)cc1.c1ccc(-c2ccc(-c3cc(-c4ccc(-c5ccccn5)cc4)nc(-c4cc(-c5ccccn5)cc(-c5ccccn5)c4)n3)cc2)nc1. The summed E-state index contributed by atoms with van der Waals surface area (Å²) in [6.07, 6.45) is 25.4. The molecule has 0 N–H and O–H groups in total. The van der Waals surface area contributed by atoms with Crippen LogP contribution in [0.2, 0.25) is 0 Å². The molecule has 16 heteroatoms. The first-order chi connectivity index (χ1) is 71.3. The molecule has 0 aliphatic carbocycles. The number of nitrogens with zero attached hydrogens (tertiary/aromatic N) is 16. The fourth-order valence-corrected chi connectivity index (χ4v) is 17.4. The first-order valence-electron chi connectivity index (χ1n) is 47.3. The van der Waals surface area contributed by atoms with Crippen molar-refractivity contribution in [2.45, 2.75) is 0 Å². The molecule has 24 aromatic rings. The van der Waals surface area contributed by atoms with E-state index >= 15 is 0 Å². The maximum atomic E-state index is 5.18. The lowest BCUT2D eigenvalue weighted by atomic mass is 9.96. The maximum Gasteiger partial charge on any atom is 0.160 e. The molecule has 13 heterocycles. The Kier molecular flexibility index (Phi) is 26.3. The van der Waals surface area contributed by atoms with Crippen LogP contribution in [0.25, 0.3) is 236 Å². The lowest BCUT2D eigenvalue weighted by Gasteiger charge is -2.13. The van der Waals surface area contributed by atoms with Crippen molar-refractivity contribution in [2.24, 2.45) is 0 Å². The summed E-state index contributed by atoms with van der Waals surface area (Å²) in [5.74, 6) is 1.89. The molecule has 16 nitrogen and oxygen atoms in total. The van der Waals surface area contributed by atoms with Crippen molar-refractivity contribution >= 4 is 0 Å². The molecule has 24 rings (SSSR count). The van der Waals surface area contributed by atoms with Crippen molar-refractivity contribution in [3.8, 4) is 236 Å².